The standard InChI is InChI=1S/C15H27NO3/c1-15(2)11-16(8-5-13(15)17)14(18)4-3-12-6-9-19-10-7-12/h12-13,17H,3-11H2,1-2H3. The van der Waals surface area contributed by atoms with E-state index in [-0.39, 0.29) is 17.4 Å². The zero-order valence-electron chi connectivity index (χ0n) is 12.2. The van der Waals surface area contributed by atoms with Crippen LogP contribution in [0.25, 0.3) is 0 Å². The Morgan fingerprint density at radius 2 is 2.00 bits per heavy atom. The lowest BCUT2D eigenvalue weighted by Crippen LogP contribution is -2.50. The molecule has 2 aliphatic heterocycles. The van der Waals surface area contributed by atoms with E-state index in [1.807, 2.05) is 18.7 Å². The summed E-state index contributed by atoms with van der Waals surface area (Å²) >= 11 is 0. The summed E-state index contributed by atoms with van der Waals surface area (Å²) in [6.45, 7) is 7.16. The predicted octanol–water partition coefficient (Wildman–Crippen LogP) is 1.81. The maximum Gasteiger partial charge on any atom is 0.222 e. The molecule has 19 heavy (non-hydrogen) atoms. The van der Waals surface area contributed by atoms with Gasteiger partial charge >= 0.3 is 0 Å². The number of rotatable bonds is 3. The Kier molecular flexibility index (Phi) is 4.85. The van der Waals surface area contributed by atoms with Crippen molar-refractivity contribution in [3.8, 4) is 0 Å². The molecule has 110 valence electrons. The Labute approximate surface area is 116 Å². The number of nitrogens with zero attached hydrogens (tertiary/aromatic N) is 1. The highest BCUT2D eigenvalue weighted by Crippen LogP contribution is 2.30. The minimum absolute atomic E-state index is 0.174. The van der Waals surface area contributed by atoms with Gasteiger partial charge in [-0.2, -0.15) is 0 Å². The van der Waals surface area contributed by atoms with Crippen LogP contribution >= 0.6 is 0 Å². The van der Waals surface area contributed by atoms with Crippen LogP contribution < -0.4 is 0 Å². The molecule has 2 aliphatic rings. The fourth-order valence-electron chi connectivity index (χ4n) is 3.08. The maximum absolute atomic E-state index is 12.2. The Balaban J connectivity index is 1.76. The van der Waals surface area contributed by atoms with E-state index < -0.39 is 0 Å². The van der Waals surface area contributed by atoms with Gasteiger partial charge in [0, 0.05) is 38.1 Å². The van der Waals surface area contributed by atoms with Gasteiger partial charge in [-0.25, -0.2) is 0 Å². The van der Waals surface area contributed by atoms with Crippen LogP contribution in [-0.4, -0.2) is 48.3 Å². The molecule has 4 heteroatoms. The third-order valence-corrected chi connectivity index (χ3v) is 4.63. The molecule has 0 aromatic rings. The van der Waals surface area contributed by atoms with E-state index in [1.165, 1.54) is 0 Å². The van der Waals surface area contributed by atoms with Crippen molar-refractivity contribution in [2.75, 3.05) is 26.3 Å². The van der Waals surface area contributed by atoms with E-state index in [0.717, 1.165) is 32.5 Å². The van der Waals surface area contributed by atoms with Gasteiger partial charge in [-0.1, -0.05) is 13.8 Å². The third kappa shape index (κ3) is 3.93. The highest BCUT2D eigenvalue weighted by Gasteiger charge is 2.36. The lowest BCUT2D eigenvalue weighted by Gasteiger charge is -2.42. The van der Waals surface area contributed by atoms with Crippen molar-refractivity contribution in [3.05, 3.63) is 0 Å². The van der Waals surface area contributed by atoms with E-state index in [9.17, 15) is 9.90 Å². The van der Waals surface area contributed by atoms with Crippen molar-refractivity contribution in [1.82, 2.24) is 4.90 Å². The molecule has 0 aliphatic carbocycles. The fraction of sp³-hybridized carbons (Fsp3) is 0.933. The Bertz CT molecular complexity index is 311. The van der Waals surface area contributed by atoms with E-state index in [2.05, 4.69) is 0 Å². The van der Waals surface area contributed by atoms with Gasteiger partial charge in [-0.05, 0) is 31.6 Å². The van der Waals surface area contributed by atoms with Gasteiger partial charge in [0.15, 0.2) is 0 Å². The molecular formula is C15H27NO3. The second-order valence-electron chi connectivity index (χ2n) is 6.70. The molecule has 2 rings (SSSR count). The molecule has 1 atom stereocenters. The molecule has 1 N–H and O–H groups in total. The summed E-state index contributed by atoms with van der Waals surface area (Å²) in [5, 5.41) is 9.92. The fourth-order valence-corrected chi connectivity index (χ4v) is 3.08. The number of aliphatic hydroxyl groups excluding tert-OH is 1. The van der Waals surface area contributed by atoms with Crippen molar-refractivity contribution >= 4 is 5.91 Å². The summed E-state index contributed by atoms with van der Waals surface area (Å²) in [6.07, 6.45) is 4.25. The first-order valence-electron chi connectivity index (χ1n) is 7.52. The molecular weight excluding hydrogens is 242 g/mol. The highest BCUT2D eigenvalue weighted by atomic mass is 16.5. The topological polar surface area (TPSA) is 49.8 Å². The molecule has 2 heterocycles. The highest BCUT2D eigenvalue weighted by molar-refractivity contribution is 5.76. The first-order chi connectivity index (χ1) is 8.99. The second kappa shape index (κ2) is 6.23. The molecule has 0 radical (unpaired) electrons. The molecule has 0 spiro atoms. The Morgan fingerprint density at radius 1 is 1.32 bits per heavy atom. The number of aliphatic hydroxyl groups is 1. The van der Waals surface area contributed by atoms with Gasteiger partial charge < -0.3 is 14.7 Å². The van der Waals surface area contributed by atoms with Crippen molar-refractivity contribution < 1.29 is 14.6 Å². The number of carbonyl (C=O) groups is 1. The van der Waals surface area contributed by atoms with E-state index in [0.29, 0.717) is 31.8 Å². The minimum Gasteiger partial charge on any atom is -0.392 e. The summed E-state index contributed by atoms with van der Waals surface area (Å²) in [4.78, 5) is 14.2. The first-order valence-corrected chi connectivity index (χ1v) is 7.52. The zero-order chi connectivity index (χ0) is 13.9. The van der Waals surface area contributed by atoms with Crippen LogP contribution in [-0.2, 0) is 9.53 Å². The summed E-state index contributed by atoms with van der Waals surface area (Å²) < 4.78 is 5.34. The molecule has 2 fully saturated rings. The number of hydrogen-bond donors (Lipinski definition) is 1. The van der Waals surface area contributed by atoms with Gasteiger partial charge in [0.05, 0.1) is 6.10 Å². The Hall–Kier alpha value is -0.610. The minimum atomic E-state index is -0.285. The molecule has 2 saturated heterocycles. The van der Waals surface area contributed by atoms with Gasteiger partial charge in [-0.15, -0.1) is 0 Å². The van der Waals surface area contributed by atoms with Crippen molar-refractivity contribution in [2.45, 2.75) is 52.1 Å². The first kappa shape index (κ1) is 14.8. The van der Waals surface area contributed by atoms with Crippen LogP contribution in [0.4, 0.5) is 0 Å². The van der Waals surface area contributed by atoms with Gasteiger partial charge in [0.2, 0.25) is 5.91 Å². The van der Waals surface area contributed by atoms with E-state index in [4.69, 9.17) is 4.74 Å². The predicted molar refractivity (Wildman–Crippen MR) is 73.8 cm³/mol. The monoisotopic (exact) mass is 269 g/mol. The van der Waals surface area contributed by atoms with Crippen LogP contribution in [0.5, 0.6) is 0 Å². The average Bonchev–Trinajstić information content (AvgIpc) is 2.40. The SMILES string of the molecule is CC1(C)CN(C(=O)CCC2CCOCC2)CCC1O. The van der Waals surface area contributed by atoms with Crippen LogP contribution in [0.2, 0.25) is 0 Å². The second-order valence-corrected chi connectivity index (χ2v) is 6.70. The summed E-state index contributed by atoms with van der Waals surface area (Å²) in [7, 11) is 0. The number of ether oxygens (including phenoxy) is 1. The van der Waals surface area contributed by atoms with Crippen molar-refractivity contribution in [2.24, 2.45) is 11.3 Å². The van der Waals surface area contributed by atoms with E-state index >= 15 is 0 Å². The number of piperidine rings is 1. The molecule has 1 amide bonds. The zero-order valence-corrected chi connectivity index (χ0v) is 12.2. The summed E-state index contributed by atoms with van der Waals surface area (Å²) in [5.41, 5.74) is -0.174. The summed E-state index contributed by atoms with van der Waals surface area (Å²) in [6, 6.07) is 0. The number of amides is 1. The smallest absolute Gasteiger partial charge is 0.222 e. The number of likely N-dealkylation sites (tertiary alicyclic amines) is 1. The molecule has 0 bridgehead atoms. The lowest BCUT2D eigenvalue weighted by atomic mass is 9.81. The van der Waals surface area contributed by atoms with Crippen LogP contribution in [0.3, 0.4) is 0 Å². The number of hydrogen-bond acceptors (Lipinski definition) is 3. The largest absolute Gasteiger partial charge is 0.392 e. The third-order valence-electron chi connectivity index (χ3n) is 4.63. The van der Waals surface area contributed by atoms with Crippen LogP contribution in [0.1, 0.15) is 46.0 Å². The van der Waals surface area contributed by atoms with E-state index in [1.54, 1.807) is 0 Å². The molecule has 1 unspecified atom stereocenters. The Morgan fingerprint density at radius 3 is 2.63 bits per heavy atom. The lowest BCUT2D eigenvalue weighted by molar-refractivity contribution is -0.138. The quantitative estimate of drug-likeness (QED) is 0.850. The molecule has 0 aromatic carbocycles. The van der Waals surface area contributed by atoms with Crippen molar-refractivity contribution in [1.29, 1.82) is 0 Å². The number of carbonyl (C=O) groups excluding carboxylic acids is 1. The molecule has 0 aromatic heterocycles. The summed E-state index contributed by atoms with van der Waals surface area (Å²) in [5.74, 6) is 0.910. The van der Waals surface area contributed by atoms with Gasteiger partial charge in [0.25, 0.3) is 0 Å². The van der Waals surface area contributed by atoms with Crippen molar-refractivity contribution in [3.63, 3.8) is 0 Å². The molecule has 0 saturated carbocycles. The molecule has 4 nitrogen and oxygen atoms in total. The normalized spacial score (nSPS) is 28.4. The van der Waals surface area contributed by atoms with Crippen LogP contribution in [0, 0.1) is 11.3 Å². The van der Waals surface area contributed by atoms with Crippen LogP contribution in [0.15, 0.2) is 0 Å². The van der Waals surface area contributed by atoms with Gasteiger partial charge in [0.1, 0.15) is 0 Å². The van der Waals surface area contributed by atoms with Gasteiger partial charge in [-0.3, -0.25) is 4.79 Å². The average molecular weight is 269 g/mol. The maximum atomic E-state index is 12.2.